The molecule has 1 aromatic carbocycles. The van der Waals surface area contributed by atoms with E-state index in [4.69, 9.17) is 9.47 Å². The van der Waals surface area contributed by atoms with Crippen LogP contribution >= 0.6 is 0 Å². The molecule has 2 atom stereocenters. The van der Waals surface area contributed by atoms with E-state index in [2.05, 4.69) is 0 Å². The van der Waals surface area contributed by atoms with Gasteiger partial charge in [-0.3, -0.25) is 14.9 Å². The summed E-state index contributed by atoms with van der Waals surface area (Å²) >= 11 is 0. The highest BCUT2D eigenvalue weighted by Gasteiger charge is 2.42. The van der Waals surface area contributed by atoms with Crippen LogP contribution in [0.3, 0.4) is 0 Å². The lowest BCUT2D eigenvalue weighted by molar-refractivity contribution is -0.385. The number of aryl methyl sites for hydroxylation is 1. The number of nitro groups is 1. The molecule has 6 nitrogen and oxygen atoms in total. The van der Waals surface area contributed by atoms with Gasteiger partial charge in [-0.25, -0.2) is 0 Å². The molecule has 0 radical (unpaired) electrons. The second-order valence-electron chi connectivity index (χ2n) is 4.19. The van der Waals surface area contributed by atoms with Crippen molar-refractivity contribution in [2.24, 2.45) is 0 Å². The van der Waals surface area contributed by atoms with Crippen molar-refractivity contribution in [1.82, 2.24) is 0 Å². The van der Waals surface area contributed by atoms with Gasteiger partial charge in [-0.1, -0.05) is 0 Å². The van der Waals surface area contributed by atoms with Crippen LogP contribution in [0.2, 0.25) is 0 Å². The highest BCUT2D eigenvalue weighted by molar-refractivity contribution is 5.90. The third-order valence-corrected chi connectivity index (χ3v) is 2.97. The minimum atomic E-state index is -0.566. The number of carbonyl (C=O) groups is 1. The highest BCUT2D eigenvalue weighted by Crippen LogP contribution is 2.30. The van der Waals surface area contributed by atoms with Gasteiger partial charge in [-0.2, -0.15) is 0 Å². The molecule has 0 spiro atoms. The van der Waals surface area contributed by atoms with Crippen molar-refractivity contribution in [3.63, 3.8) is 0 Å². The summed E-state index contributed by atoms with van der Waals surface area (Å²) in [5.74, 6) is 0.411. The molecule has 0 amide bonds. The number of hydrogen-bond donors (Lipinski definition) is 0. The van der Waals surface area contributed by atoms with E-state index in [9.17, 15) is 14.9 Å². The van der Waals surface area contributed by atoms with E-state index in [1.165, 1.54) is 19.2 Å². The fourth-order valence-electron chi connectivity index (χ4n) is 1.85. The van der Waals surface area contributed by atoms with Crippen molar-refractivity contribution in [3.05, 3.63) is 33.9 Å². The smallest absolute Gasteiger partial charge is 0.273 e. The maximum atomic E-state index is 11.2. The molecule has 0 bridgehead atoms. The standard InChI is InChI=1S/C12H13NO5/c1-7-3-4-8(13(15)16)5-10(7)18-11-6-9(14)12(11)17-2/h3-5,11-12H,6H2,1-2H3. The Kier molecular flexibility index (Phi) is 3.29. The summed E-state index contributed by atoms with van der Waals surface area (Å²) in [6, 6.07) is 4.41. The summed E-state index contributed by atoms with van der Waals surface area (Å²) in [6.45, 7) is 1.79. The number of Topliss-reactive ketones (excluding diaryl/α,β-unsaturated/α-hetero) is 1. The topological polar surface area (TPSA) is 78.7 Å². The Hall–Kier alpha value is -1.95. The third-order valence-electron chi connectivity index (χ3n) is 2.97. The van der Waals surface area contributed by atoms with Crippen molar-refractivity contribution in [3.8, 4) is 5.75 Å². The van der Waals surface area contributed by atoms with E-state index in [1.54, 1.807) is 13.0 Å². The average Bonchev–Trinajstić information content (AvgIpc) is 2.31. The van der Waals surface area contributed by atoms with Crippen LogP contribution in [0.15, 0.2) is 18.2 Å². The van der Waals surface area contributed by atoms with E-state index in [0.717, 1.165) is 5.56 Å². The lowest BCUT2D eigenvalue weighted by Gasteiger charge is -2.33. The minimum absolute atomic E-state index is 0.00872. The Labute approximate surface area is 104 Å². The van der Waals surface area contributed by atoms with Gasteiger partial charge in [0, 0.05) is 19.6 Å². The average molecular weight is 251 g/mol. The van der Waals surface area contributed by atoms with E-state index < -0.39 is 11.0 Å². The predicted octanol–water partition coefficient (Wildman–Crippen LogP) is 1.64. The van der Waals surface area contributed by atoms with Crippen LogP contribution in [0.4, 0.5) is 5.69 Å². The number of nitrogens with zero attached hydrogens (tertiary/aromatic N) is 1. The van der Waals surface area contributed by atoms with Crippen molar-refractivity contribution >= 4 is 11.5 Å². The summed E-state index contributed by atoms with van der Waals surface area (Å²) in [4.78, 5) is 21.4. The molecule has 1 aliphatic rings. The normalized spacial score (nSPS) is 22.4. The summed E-state index contributed by atoms with van der Waals surface area (Å²) in [6.07, 6.45) is -0.646. The second kappa shape index (κ2) is 4.73. The Balaban J connectivity index is 2.16. The first-order chi connectivity index (χ1) is 8.52. The van der Waals surface area contributed by atoms with Crippen LogP contribution in [0.25, 0.3) is 0 Å². The van der Waals surface area contributed by atoms with Crippen LogP contribution in [0.5, 0.6) is 5.75 Å². The van der Waals surface area contributed by atoms with E-state index in [1.807, 2.05) is 0 Å². The molecular weight excluding hydrogens is 238 g/mol. The van der Waals surface area contributed by atoms with Crippen LogP contribution in [0.1, 0.15) is 12.0 Å². The Morgan fingerprint density at radius 2 is 2.17 bits per heavy atom. The first-order valence-corrected chi connectivity index (χ1v) is 5.50. The molecule has 2 unspecified atom stereocenters. The molecule has 1 aromatic rings. The molecule has 0 saturated heterocycles. The Morgan fingerprint density at radius 1 is 1.44 bits per heavy atom. The van der Waals surface area contributed by atoms with Gasteiger partial charge in [0.2, 0.25) is 0 Å². The highest BCUT2D eigenvalue weighted by atomic mass is 16.6. The van der Waals surface area contributed by atoms with Gasteiger partial charge in [-0.15, -0.1) is 0 Å². The zero-order valence-electron chi connectivity index (χ0n) is 10.1. The zero-order chi connectivity index (χ0) is 13.3. The Morgan fingerprint density at radius 3 is 2.72 bits per heavy atom. The molecule has 1 aliphatic carbocycles. The fourth-order valence-corrected chi connectivity index (χ4v) is 1.85. The number of ether oxygens (including phenoxy) is 2. The quantitative estimate of drug-likeness (QED) is 0.600. The first kappa shape index (κ1) is 12.5. The van der Waals surface area contributed by atoms with Crippen LogP contribution < -0.4 is 4.74 Å². The molecule has 0 aliphatic heterocycles. The van der Waals surface area contributed by atoms with Gasteiger partial charge >= 0.3 is 0 Å². The summed E-state index contributed by atoms with van der Waals surface area (Å²) < 4.78 is 10.6. The number of ketones is 1. The first-order valence-electron chi connectivity index (χ1n) is 5.50. The second-order valence-corrected chi connectivity index (χ2v) is 4.19. The molecular formula is C12H13NO5. The number of hydrogen-bond acceptors (Lipinski definition) is 5. The van der Waals surface area contributed by atoms with Crippen molar-refractivity contribution < 1.29 is 19.2 Å². The molecule has 1 fully saturated rings. The molecule has 1 saturated carbocycles. The van der Waals surface area contributed by atoms with E-state index in [0.29, 0.717) is 5.75 Å². The molecule has 2 rings (SSSR count). The number of non-ortho nitro benzene ring substituents is 1. The zero-order valence-corrected chi connectivity index (χ0v) is 10.1. The number of methoxy groups -OCH3 is 1. The van der Waals surface area contributed by atoms with Gasteiger partial charge in [0.05, 0.1) is 11.0 Å². The minimum Gasteiger partial charge on any atom is -0.486 e. The SMILES string of the molecule is COC1C(=O)CC1Oc1cc([N+](=O)[O-])ccc1C. The van der Waals surface area contributed by atoms with E-state index in [-0.39, 0.29) is 24.0 Å². The lowest BCUT2D eigenvalue weighted by Crippen LogP contribution is -2.51. The van der Waals surface area contributed by atoms with Gasteiger partial charge in [0.15, 0.2) is 11.9 Å². The third kappa shape index (κ3) is 2.19. The summed E-state index contributed by atoms with van der Waals surface area (Å²) in [5.41, 5.74) is 0.755. The molecule has 18 heavy (non-hydrogen) atoms. The summed E-state index contributed by atoms with van der Waals surface area (Å²) in [7, 11) is 1.44. The molecule has 0 heterocycles. The van der Waals surface area contributed by atoms with E-state index >= 15 is 0 Å². The van der Waals surface area contributed by atoms with Gasteiger partial charge in [-0.05, 0) is 18.6 Å². The van der Waals surface area contributed by atoms with Gasteiger partial charge in [0.1, 0.15) is 11.9 Å². The van der Waals surface area contributed by atoms with Gasteiger partial charge in [0.25, 0.3) is 5.69 Å². The molecule has 6 heteroatoms. The molecule has 0 N–H and O–H groups in total. The monoisotopic (exact) mass is 251 g/mol. The Bertz CT molecular complexity index is 499. The van der Waals surface area contributed by atoms with Crippen LogP contribution in [0, 0.1) is 17.0 Å². The van der Waals surface area contributed by atoms with Crippen LogP contribution in [-0.4, -0.2) is 30.0 Å². The number of nitro benzene ring substituents is 1. The van der Waals surface area contributed by atoms with Crippen LogP contribution in [-0.2, 0) is 9.53 Å². The molecule has 96 valence electrons. The summed E-state index contributed by atoms with van der Waals surface area (Å²) in [5, 5.41) is 10.7. The van der Waals surface area contributed by atoms with Crippen molar-refractivity contribution in [1.29, 1.82) is 0 Å². The largest absolute Gasteiger partial charge is 0.486 e. The maximum absolute atomic E-state index is 11.2. The fraction of sp³-hybridized carbons (Fsp3) is 0.417. The molecule has 0 aromatic heterocycles. The lowest BCUT2D eigenvalue weighted by atomic mass is 9.90. The van der Waals surface area contributed by atoms with Crippen molar-refractivity contribution in [2.45, 2.75) is 25.6 Å². The predicted molar refractivity (Wildman–Crippen MR) is 62.7 cm³/mol. The van der Waals surface area contributed by atoms with Crippen molar-refractivity contribution in [2.75, 3.05) is 7.11 Å². The van der Waals surface area contributed by atoms with Gasteiger partial charge < -0.3 is 9.47 Å². The number of rotatable bonds is 4. The maximum Gasteiger partial charge on any atom is 0.273 e. The number of carbonyl (C=O) groups excluding carboxylic acids is 1. The number of benzene rings is 1.